The van der Waals surface area contributed by atoms with E-state index in [0.29, 0.717) is 37.4 Å². The van der Waals surface area contributed by atoms with Gasteiger partial charge in [0.05, 0.1) is 11.8 Å². The van der Waals surface area contributed by atoms with Crippen molar-refractivity contribution in [3.05, 3.63) is 17.8 Å². The minimum atomic E-state index is -1.25. The first kappa shape index (κ1) is 16.1. The molecule has 1 aromatic rings. The molecule has 0 aromatic carbocycles. The summed E-state index contributed by atoms with van der Waals surface area (Å²) in [5.41, 5.74) is -0.923. The predicted octanol–water partition coefficient (Wildman–Crippen LogP) is 1.62. The van der Waals surface area contributed by atoms with Crippen molar-refractivity contribution in [2.24, 2.45) is 11.3 Å². The van der Waals surface area contributed by atoms with Gasteiger partial charge in [0, 0.05) is 13.1 Å². The van der Waals surface area contributed by atoms with Crippen LogP contribution in [0.4, 0.5) is 10.2 Å². The van der Waals surface area contributed by atoms with Crippen LogP contribution in [-0.4, -0.2) is 45.3 Å². The van der Waals surface area contributed by atoms with E-state index in [1.807, 2.05) is 6.92 Å². The number of piperidine rings is 1. The molecule has 7 heteroatoms. The fourth-order valence-electron chi connectivity index (χ4n) is 3.46. The first-order valence-electron chi connectivity index (χ1n) is 8.13. The Morgan fingerprint density at radius 3 is 2.78 bits per heavy atom. The molecule has 0 radical (unpaired) electrons. The lowest BCUT2D eigenvalue weighted by Gasteiger charge is -2.44. The van der Waals surface area contributed by atoms with E-state index in [0.717, 1.165) is 12.8 Å². The quantitative estimate of drug-likeness (QED) is 0.856. The maximum absolute atomic E-state index is 14.5. The Bertz CT molecular complexity index is 608. The van der Waals surface area contributed by atoms with Gasteiger partial charge in [-0.15, -0.1) is 0 Å². The van der Waals surface area contributed by atoms with Gasteiger partial charge in [0.1, 0.15) is 11.7 Å². The van der Waals surface area contributed by atoms with Crippen molar-refractivity contribution in [2.45, 2.75) is 45.1 Å². The molecule has 0 spiro atoms. The number of aliphatic hydroxyl groups is 1. The first-order chi connectivity index (χ1) is 11.0. The van der Waals surface area contributed by atoms with Crippen LogP contribution in [0.2, 0.25) is 0 Å². The second kappa shape index (κ2) is 6.03. The lowest BCUT2D eigenvalue weighted by atomic mass is 9.73. The predicted molar refractivity (Wildman–Crippen MR) is 81.6 cm³/mol. The van der Waals surface area contributed by atoms with Crippen LogP contribution in [0.3, 0.4) is 0 Å². The van der Waals surface area contributed by atoms with Crippen LogP contribution in [0.15, 0.2) is 6.33 Å². The molecule has 1 aliphatic heterocycles. The van der Waals surface area contributed by atoms with E-state index in [1.165, 1.54) is 6.33 Å². The minimum absolute atomic E-state index is 0.0804. The van der Waals surface area contributed by atoms with Crippen LogP contribution in [0, 0.1) is 17.2 Å². The number of aromatic nitrogens is 2. The molecule has 2 atom stereocenters. The van der Waals surface area contributed by atoms with E-state index in [1.54, 1.807) is 4.90 Å². The number of rotatable bonds is 5. The van der Waals surface area contributed by atoms with E-state index in [2.05, 4.69) is 9.97 Å². The summed E-state index contributed by atoms with van der Waals surface area (Å²) in [5.74, 6) is -1.00. The third-order valence-corrected chi connectivity index (χ3v) is 5.04. The number of aryl methyl sites for hydroxylation is 1. The SMILES string of the molecule is CCc1ncnc(N2CC[C@@H](O)[C@@](CC3CC3)(C(=O)O)C2)c1F. The molecule has 1 aliphatic carbocycles. The molecule has 2 N–H and O–H groups in total. The number of aliphatic hydroxyl groups excluding tert-OH is 1. The van der Waals surface area contributed by atoms with Crippen LogP contribution < -0.4 is 4.90 Å². The summed E-state index contributed by atoms with van der Waals surface area (Å²) >= 11 is 0. The summed E-state index contributed by atoms with van der Waals surface area (Å²) in [4.78, 5) is 21.5. The van der Waals surface area contributed by atoms with Crippen LogP contribution in [0.5, 0.6) is 0 Å². The third-order valence-electron chi connectivity index (χ3n) is 5.04. The Morgan fingerprint density at radius 1 is 1.43 bits per heavy atom. The highest BCUT2D eigenvalue weighted by Crippen LogP contribution is 2.45. The van der Waals surface area contributed by atoms with Crippen molar-refractivity contribution in [1.29, 1.82) is 0 Å². The smallest absolute Gasteiger partial charge is 0.314 e. The maximum atomic E-state index is 14.5. The van der Waals surface area contributed by atoms with Gasteiger partial charge in [0.15, 0.2) is 11.6 Å². The molecule has 0 unspecified atom stereocenters. The number of aliphatic carboxylic acids is 1. The monoisotopic (exact) mass is 323 g/mol. The average Bonchev–Trinajstić information content (AvgIpc) is 3.33. The molecular weight excluding hydrogens is 301 g/mol. The zero-order valence-corrected chi connectivity index (χ0v) is 13.2. The summed E-state index contributed by atoms with van der Waals surface area (Å²) in [5, 5.41) is 20.1. The van der Waals surface area contributed by atoms with Crippen molar-refractivity contribution < 1.29 is 19.4 Å². The zero-order valence-electron chi connectivity index (χ0n) is 13.2. The fraction of sp³-hybridized carbons (Fsp3) is 0.688. The number of carboxylic acids is 1. The number of hydrogen-bond donors (Lipinski definition) is 2. The normalized spacial score (nSPS) is 28.0. The average molecular weight is 323 g/mol. The summed E-state index contributed by atoms with van der Waals surface area (Å²) in [7, 11) is 0. The van der Waals surface area contributed by atoms with Crippen LogP contribution in [-0.2, 0) is 11.2 Å². The van der Waals surface area contributed by atoms with Crippen molar-refractivity contribution in [3.8, 4) is 0 Å². The number of nitrogens with zero attached hydrogens (tertiary/aromatic N) is 3. The minimum Gasteiger partial charge on any atom is -0.481 e. The highest BCUT2D eigenvalue weighted by atomic mass is 19.1. The Hall–Kier alpha value is -1.76. The summed E-state index contributed by atoms with van der Waals surface area (Å²) in [6, 6.07) is 0. The van der Waals surface area contributed by atoms with E-state index in [9.17, 15) is 19.4 Å². The van der Waals surface area contributed by atoms with Crippen molar-refractivity contribution in [3.63, 3.8) is 0 Å². The largest absolute Gasteiger partial charge is 0.481 e. The molecule has 0 bridgehead atoms. The summed E-state index contributed by atoms with van der Waals surface area (Å²) < 4.78 is 14.5. The number of carbonyl (C=O) groups is 1. The molecule has 2 fully saturated rings. The van der Waals surface area contributed by atoms with Gasteiger partial charge >= 0.3 is 5.97 Å². The van der Waals surface area contributed by atoms with Crippen molar-refractivity contribution in [2.75, 3.05) is 18.0 Å². The van der Waals surface area contributed by atoms with E-state index >= 15 is 0 Å². The molecule has 2 aliphatic rings. The standard InChI is InChI=1S/C16H22FN3O3/c1-2-11-13(17)14(19-9-18-11)20-6-5-12(21)16(8-20,15(22)23)7-10-3-4-10/h9-10,12,21H,2-8H2,1H3,(H,22,23)/t12-,16+/m1/s1. The Morgan fingerprint density at radius 2 is 2.17 bits per heavy atom. The number of hydrogen-bond acceptors (Lipinski definition) is 5. The van der Waals surface area contributed by atoms with Gasteiger partial charge in [0.2, 0.25) is 0 Å². The maximum Gasteiger partial charge on any atom is 0.314 e. The molecule has 3 rings (SSSR count). The third kappa shape index (κ3) is 2.89. The Labute approximate surface area is 134 Å². The van der Waals surface area contributed by atoms with Gasteiger partial charge in [-0.1, -0.05) is 19.8 Å². The second-order valence-electron chi connectivity index (χ2n) is 6.65. The Kier molecular flexibility index (Phi) is 4.23. The van der Waals surface area contributed by atoms with Crippen LogP contribution >= 0.6 is 0 Å². The molecular formula is C16H22FN3O3. The van der Waals surface area contributed by atoms with Gasteiger partial charge in [-0.2, -0.15) is 0 Å². The van der Waals surface area contributed by atoms with E-state index in [4.69, 9.17) is 0 Å². The highest BCUT2D eigenvalue weighted by molar-refractivity contribution is 5.77. The summed E-state index contributed by atoms with van der Waals surface area (Å²) in [6.07, 6.45) is 3.59. The fourth-order valence-corrected chi connectivity index (χ4v) is 3.46. The van der Waals surface area contributed by atoms with Crippen molar-refractivity contribution >= 4 is 11.8 Å². The van der Waals surface area contributed by atoms with Gasteiger partial charge in [-0.05, 0) is 25.2 Å². The number of anilines is 1. The molecule has 6 nitrogen and oxygen atoms in total. The van der Waals surface area contributed by atoms with E-state index in [-0.39, 0.29) is 12.4 Å². The van der Waals surface area contributed by atoms with E-state index < -0.39 is 23.3 Å². The van der Waals surface area contributed by atoms with Crippen LogP contribution in [0.1, 0.15) is 38.3 Å². The second-order valence-corrected chi connectivity index (χ2v) is 6.65. The lowest BCUT2D eigenvalue weighted by Crippen LogP contribution is -2.56. The number of halogens is 1. The van der Waals surface area contributed by atoms with Gasteiger partial charge in [0.25, 0.3) is 0 Å². The molecule has 1 saturated heterocycles. The van der Waals surface area contributed by atoms with Gasteiger partial charge < -0.3 is 15.1 Å². The highest BCUT2D eigenvalue weighted by Gasteiger charge is 2.52. The molecule has 2 heterocycles. The van der Waals surface area contributed by atoms with Gasteiger partial charge in [-0.25, -0.2) is 14.4 Å². The van der Waals surface area contributed by atoms with Crippen molar-refractivity contribution in [1.82, 2.24) is 9.97 Å². The zero-order chi connectivity index (χ0) is 16.6. The van der Waals surface area contributed by atoms with Crippen LogP contribution in [0.25, 0.3) is 0 Å². The molecule has 0 amide bonds. The molecule has 23 heavy (non-hydrogen) atoms. The number of carboxylic acid groups (broad SMARTS) is 1. The summed E-state index contributed by atoms with van der Waals surface area (Å²) in [6.45, 7) is 2.28. The first-order valence-corrected chi connectivity index (χ1v) is 8.13. The van der Waals surface area contributed by atoms with Gasteiger partial charge in [-0.3, -0.25) is 4.79 Å². The molecule has 1 saturated carbocycles. The topological polar surface area (TPSA) is 86.5 Å². The Balaban J connectivity index is 1.91. The molecule has 1 aromatic heterocycles. The lowest BCUT2D eigenvalue weighted by molar-refractivity contribution is -0.158. The molecule has 126 valence electrons.